The number of halogens is 4. The van der Waals surface area contributed by atoms with Crippen LogP contribution in [0.1, 0.15) is 40.0 Å². The minimum Gasteiger partial charge on any atom is -0.492 e. The van der Waals surface area contributed by atoms with Crippen LogP contribution in [0.2, 0.25) is 5.02 Å². The van der Waals surface area contributed by atoms with Gasteiger partial charge in [0.15, 0.2) is 11.6 Å². The Balaban J connectivity index is 1.17. The van der Waals surface area contributed by atoms with E-state index in [4.69, 9.17) is 26.1 Å². The summed E-state index contributed by atoms with van der Waals surface area (Å²) in [6.45, 7) is 6.60. The molecule has 2 atom stereocenters. The third-order valence-electron chi connectivity index (χ3n) is 7.44. The average Bonchev–Trinajstić information content (AvgIpc) is 3.50. The van der Waals surface area contributed by atoms with E-state index < -0.39 is 17.3 Å². The summed E-state index contributed by atoms with van der Waals surface area (Å²) in [6, 6.07) is 2.93. The van der Waals surface area contributed by atoms with Gasteiger partial charge in [0.25, 0.3) is 0 Å². The highest BCUT2D eigenvalue weighted by Gasteiger charge is 2.48. The molecule has 41 heavy (non-hydrogen) atoms. The molecule has 1 N–H and O–H groups in total. The molecule has 10 nitrogen and oxygen atoms in total. The van der Waals surface area contributed by atoms with Crippen LogP contribution >= 0.6 is 11.6 Å². The Bertz CT molecular complexity index is 1500. The van der Waals surface area contributed by atoms with Crippen LogP contribution in [0, 0.1) is 11.7 Å². The lowest BCUT2D eigenvalue weighted by molar-refractivity contribution is -0.119. The van der Waals surface area contributed by atoms with Gasteiger partial charge in [-0.15, -0.1) is 0 Å². The van der Waals surface area contributed by atoms with Gasteiger partial charge < -0.3 is 24.6 Å². The second kappa shape index (κ2) is 10.0. The number of alkyl halides is 2. The third-order valence-corrected chi connectivity index (χ3v) is 7.79. The second-order valence-corrected chi connectivity index (χ2v) is 12.1. The summed E-state index contributed by atoms with van der Waals surface area (Å²) in [5.74, 6) is -2.95. The van der Waals surface area contributed by atoms with Crippen molar-refractivity contribution in [2.24, 2.45) is 5.92 Å². The van der Waals surface area contributed by atoms with Crippen LogP contribution in [0.3, 0.4) is 0 Å². The highest BCUT2D eigenvalue weighted by atomic mass is 35.5. The van der Waals surface area contributed by atoms with Crippen LogP contribution in [0.25, 0.3) is 11.0 Å². The van der Waals surface area contributed by atoms with Crippen LogP contribution in [-0.2, 0) is 4.74 Å². The molecule has 6 rings (SSSR count). The van der Waals surface area contributed by atoms with E-state index in [1.807, 2.05) is 25.7 Å². The molecule has 2 bridgehead atoms. The number of ether oxygens (including phenoxy) is 2. The van der Waals surface area contributed by atoms with Gasteiger partial charge in [0.2, 0.25) is 11.9 Å². The van der Waals surface area contributed by atoms with Gasteiger partial charge in [-0.3, -0.25) is 0 Å². The molecular formula is C27H29ClF3N7O3. The summed E-state index contributed by atoms with van der Waals surface area (Å²) in [7, 11) is 0. The smallest absolute Gasteiger partial charge is 0.410 e. The number of rotatable bonds is 6. The number of fused-ring (bicyclic) bond motifs is 3. The van der Waals surface area contributed by atoms with Crippen molar-refractivity contribution in [3.05, 3.63) is 35.5 Å². The zero-order valence-electron chi connectivity index (χ0n) is 22.7. The lowest BCUT2D eigenvalue weighted by Crippen LogP contribution is -2.50. The van der Waals surface area contributed by atoms with Crippen LogP contribution in [0.5, 0.6) is 5.75 Å². The number of nitrogens with zero attached hydrogens (tertiary/aromatic N) is 6. The lowest BCUT2D eigenvalue weighted by atomic mass is 9.82. The van der Waals surface area contributed by atoms with Crippen LogP contribution in [-0.4, -0.2) is 74.2 Å². The molecule has 2 aliphatic heterocycles. The number of aromatic nitrogens is 4. The number of carbonyl (C=O) groups is 1. The number of carbonyl (C=O) groups excluding carboxylic acids is 1. The number of amides is 1. The predicted molar refractivity (Wildman–Crippen MR) is 145 cm³/mol. The summed E-state index contributed by atoms with van der Waals surface area (Å²) in [5.41, 5.74) is 0.295. The van der Waals surface area contributed by atoms with Crippen molar-refractivity contribution in [3.63, 3.8) is 0 Å². The van der Waals surface area contributed by atoms with Crippen molar-refractivity contribution in [1.82, 2.24) is 24.8 Å². The maximum atomic E-state index is 15.2. The first-order valence-corrected chi connectivity index (χ1v) is 13.7. The molecule has 1 saturated carbocycles. The molecule has 1 aromatic carbocycles. The van der Waals surface area contributed by atoms with Gasteiger partial charge in [-0.1, -0.05) is 11.6 Å². The van der Waals surface area contributed by atoms with Crippen molar-refractivity contribution < 1.29 is 27.4 Å². The van der Waals surface area contributed by atoms with E-state index in [9.17, 15) is 13.6 Å². The SMILES string of the molecule is CC(C)(C)OC(=O)N1C[C@@H]2C[C@H]1CN2c1ncc2ncnc(Nc3ccc(OCC4CC(F)(F)C4)c(Cl)c3F)c2n1. The van der Waals surface area contributed by atoms with Crippen molar-refractivity contribution in [1.29, 1.82) is 0 Å². The van der Waals surface area contributed by atoms with Crippen molar-refractivity contribution in [2.45, 2.75) is 63.6 Å². The summed E-state index contributed by atoms with van der Waals surface area (Å²) >= 11 is 6.21. The van der Waals surface area contributed by atoms with Gasteiger partial charge in [-0.05, 0) is 39.3 Å². The molecule has 0 spiro atoms. The summed E-state index contributed by atoms with van der Waals surface area (Å²) < 4.78 is 52.4. The number of hydrogen-bond acceptors (Lipinski definition) is 9. The Morgan fingerprint density at radius 2 is 1.95 bits per heavy atom. The molecule has 3 aromatic rings. The highest BCUT2D eigenvalue weighted by Crippen LogP contribution is 2.43. The minimum atomic E-state index is -2.66. The average molecular weight is 592 g/mol. The number of nitrogens with one attached hydrogen (secondary N) is 1. The topological polar surface area (TPSA) is 106 Å². The first-order valence-electron chi connectivity index (χ1n) is 13.4. The molecule has 218 valence electrons. The van der Waals surface area contributed by atoms with E-state index in [1.165, 1.54) is 18.5 Å². The zero-order chi connectivity index (χ0) is 29.1. The summed E-state index contributed by atoms with van der Waals surface area (Å²) in [4.78, 5) is 34.1. The molecule has 3 fully saturated rings. The molecule has 4 heterocycles. The Hall–Kier alpha value is -3.61. The standard InChI is InChI=1S/C27H29ClF3N7O3/c1-26(2,3)41-25(39)38-11-15-6-16(38)10-37(15)24-32-9-18-22(36-24)23(34-13-33-18)35-17-4-5-19(20(28)21(17)29)40-12-14-7-27(30,31)8-14/h4-5,9,13-16H,6-8,10-12H2,1-3H3,(H,33,34,35)/t15-,16-/m0/s1. The maximum absolute atomic E-state index is 15.2. The first-order chi connectivity index (χ1) is 19.4. The van der Waals surface area contributed by atoms with Gasteiger partial charge in [-0.25, -0.2) is 37.9 Å². The Morgan fingerprint density at radius 1 is 1.17 bits per heavy atom. The van der Waals surface area contributed by atoms with Gasteiger partial charge >= 0.3 is 6.09 Å². The van der Waals surface area contributed by atoms with Crippen LogP contribution in [0.15, 0.2) is 24.7 Å². The molecular weight excluding hydrogens is 563 g/mol. The molecule has 1 amide bonds. The molecule has 2 saturated heterocycles. The van der Waals surface area contributed by atoms with Crippen LogP contribution < -0.4 is 15.0 Å². The molecule has 3 aliphatic rings. The fourth-order valence-electron chi connectivity index (χ4n) is 5.51. The van der Waals surface area contributed by atoms with E-state index in [2.05, 4.69) is 20.3 Å². The Labute approximate surface area is 239 Å². The fourth-order valence-corrected chi connectivity index (χ4v) is 5.73. The minimum absolute atomic E-state index is 0.0171. The first kappa shape index (κ1) is 27.6. The Kier molecular flexibility index (Phi) is 6.74. The van der Waals surface area contributed by atoms with Crippen LogP contribution in [0.4, 0.5) is 35.4 Å². The number of benzene rings is 1. The number of piperazine rings is 1. The third kappa shape index (κ3) is 5.51. The monoisotopic (exact) mass is 591 g/mol. The lowest BCUT2D eigenvalue weighted by Gasteiger charge is -2.35. The second-order valence-electron chi connectivity index (χ2n) is 11.8. The largest absolute Gasteiger partial charge is 0.492 e. The van der Waals surface area contributed by atoms with Crippen molar-refractivity contribution >= 4 is 46.2 Å². The predicted octanol–water partition coefficient (Wildman–Crippen LogP) is 5.58. The maximum Gasteiger partial charge on any atom is 0.410 e. The fraction of sp³-hybridized carbons (Fsp3) is 0.519. The van der Waals surface area contributed by atoms with Crippen molar-refractivity contribution in [3.8, 4) is 5.75 Å². The number of anilines is 3. The normalized spacial score (nSPS) is 21.7. The van der Waals surface area contributed by atoms with E-state index in [-0.39, 0.29) is 65.8 Å². The van der Waals surface area contributed by atoms with Gasteiger partial charge in [0.1, 0.15) is 33.7 Å². The zero-order valence-corrected chi connectivity index (χ0v) is 23.5. The quantitative estimate of drug-likeness (QED) is 0.393. The molecule has 2 aromatic heterocycles. The number of hydrogen-bond donors (Lipinski definition) is 1. The summed E-state index contributed by atoms with van der Waals surface area (Å²) in [6.07, 6.45) is 2.84. The summed E-state index contributed by atoms with van der Waals surface area (Å²) in [5, 5.41) is 2.67. The molecule has 14 heteroatoms. The highest BCUT2D eigenvalue weighted by molar-refractivity contribution is 6.32. The van der Waals surface area contributed by atoms with Gasteiger partial charge in [-0.2, -0.15) is 0 Å². The van der Waals surface area contributed by atoms with E-state index >= 15 is 4.39 Å². The Morgan fingerprint density at radius 3 is 2.63 bits per heavy atom. The van der Waals surface area contributed by atoms with E-state index in [1.54, 1.807) is 11.1 Å². The van der Waals surface area contributed by atoms with E-state index in [0.717, 1.165) is 6.42 Å². The van der Waals surface area contributed by atoms with Gasteiger partial charge in [0.05, 0.1) is 30.6 Å². The molecule has 0 radical (unpaired) electrons. The molecule has 0 unspecified atom stereocenters. The number of likely N-dealkylation sites (tertiary alicyclic amines) is 1. The van der Waals surface area contributed by atoms with Gasteiger partial charge in [0, 0.05) is 31.8 Å². The van der Waals surface area contributed by atoms with E-state index in [0.29, 0.717) is 30.1 Å². The van der Waals surface area contributed by atoms with Crippen molar-refractivity contribution in [2.75, 3.05) is 29.9 Å². The molecule has 1 aliphatic carbocycles.